The molecule has 4 nitrogen and oxygen atoms in total. The highest BCUT2D eigenvalue weighted by Crippen LogP contribution is 2.22. The maximum atomic E-state index is 12.3. The van der Waals surface area contributed by atoms with Gasteiger partial charge in [0.25, 0.3) is 5.91 Å². The molecular formula is C18H18N2O2. The fourth-order valence-electron chi connectivity index (χ4n) is 2.30. The van der Waals surface area contributed by atoms with E-state index in [4.69, 9.17) is 4.42 Å². The minimum absolute atomic E-state index is 0.246. The van der Waals surface area contributed by atoms with Crippen molar-refractivity contribution in [2.24, 2.45) is 0 Å². The third-order valence-corrected chi connectivity index (χ3v) is 3.52. The topological polar surface area (TPSA) is 45.5 Å². The average Bonchev–Trinajstić information content (AvgIpc) is 2.90. The van der Waals surface area contributed by atoms with E-state index in [-0.39, 0.29) is 5.91 Å². The second-order valence-electron chi connectivity index (χ2n) is 5.55. The molecule has 0 saturated heterocycles. The summed E-state index contributed by atoms with van der Waals surface area (Å²) in [5, 5.41) is 3.80. The van der Waals surface area contributed by atoms with Gasteiger partial charge in [0, 0.05) is 30.9 Å². The molecule has 3 aromatic rings. The fourth-order valence-corrected chi connectivity index (χ4v) is 2.30. The average molecular weight is 294 g/mol. The third kappa shape index (κ3) is 2.81. The number of anilines is 2. The van der Waals surface area contributed by atoms with Crippen molar-refractivity contribution < 1.29 is 9.21 Å². The van der Waals surface area contributed by atoms with Crippen molar-refractivity contribution in [2.75, 3.05) is 24.3 Å². The number of hydrogen-bond donors (Lipinski definition) is 1. The van der Waals surface area contributed by atoms with Gasteiger partial charge in [-0.2, -0.15) is 0 Å². The number of rotatable bonds is 3. The highest BCUT2D eigenvalue weighted by molar-refractivity contribution is 6.04. The van der Waals surface area contributed by atoms with Gasteiger partial charge in [0.1, 0.15) is 5.58 Å². The van der Waals surface area contributed by atoms with Gasteiger partial charge in [0.05, 0.1) is 0 Å². The molecule has 0 aliphatic heterocycles. The van der Waals surface area contributed by atoms with E-state index in [9.17, 15) is 4.79 Å². The zero-order chi connectivity index (χ0) is 15.7. The summed E-state index contributed by atoms with van der Waals surface area (Å²) in [5.74, 6) is 0.0700. The van der Waals surface area contributed by atoms with Gasteiger partial charge >= 0.3 is 0 Å². The van der Waals surface area contributed by atoms with E-state index >= 15 is 0 Å². The van der Waals surface area contributed by atoms with Crippen LogP contribution >= 0.6 is 0 Å². The van der Waals surface area contributed by atoms with Gasteiger partial charge in [-0.1, -0.05) is 18.2 Å². The van der Waals surface area contributed by atoms with Gasteiger partial charge in [0.15, 0.2) is 5.76 Å². The van der Waals surface area contributed by atoms with Gasteiger partial charge in [0.2, 0.25) is 0 Å². The Morgan fingerprint density at radius 3 is 2.68 bits per heavy atom. The van der Waals surface area contributed by atoms with Gasteiger partial charge < -0.3 is 14.6 Å². The van der Waals surface area contributed by atoms with Crippen molar-refractivity contribution in [3.63, 3.8) is 0 Å². The van der Waals surface area contributed by atoms with Gasteiger partial charge in [-0.05, 0) is 42.8 Å². The quantitative estimate of drug-likeness (QED) is 0.792. The van der Waals surface area contributed by atoms with Crippen LogP contribution in [0.1, 0.15) is 16.1 Å². The summed E-state index contributed by atoms with van der Waals surface area (Å²) < 4.78 is 5.64. The molecular weight excluding hydrogens is 276 g/mol. The summed E-state index contributed by atoms with van der Waals surface area (Å²) in [6.45, 7) is 1.99. The second-order valence-corrected chi connectivity index (χ2v) is 5.55. The Morgan fingerprint density at radius 1 is 1.09 bits per heavy atom. The third-order valence-electron chi connectivity index (χ3n) is 3.52. The number of nitrogens with zero attached hydrogens (tertiary/aromatic N) is 1. The summed E-state index contributed by atoms with van der Waals surface area (Å²) in [6, 6.07) is 15.3. The molecule has 112 valence electrons. The van der Waals surface area contributed by atoms with Crippen LogP contribution in [0.25, 0.3) is 11.0 Å². The Labute approximate surface area is 129 Å². The monoisotopic (exact) mass is 294 g/mol. The lowest BCUT2D eigenvalue weighted by atomic mass is 10.2. The molecule has 1 amide bonds. The molecule has 3 rings (SSSR count). The van der Waals surface area contributed by atoms with Crippen molar-refractivity contribution >= 4 is 28.3 Å². The molecule has 0 aliphatic carbocycles. The number of carbonyl (C=O) groups is 1. The number of amides is 1. The molecule has 0 fully saturated rings. The van der Waals surface area contributed by atoms with Crippen LogP contribution in [0.4, 0.5) is 11.4 Å². The first kappa shape index (κ1) is 14.2. The van der Waals surface area contributed by atoms with E-state index in [0.717, 1.165) is 27.9 Å². The molecule has 1 N–H and O–H groups in total. The van der Waals surface area contributed by atoms with Crippen molar-refractivity contribution in [3.05, 3.63) is 59.9 Å². The SMILES string of the molecule is Cc1ccc2cc(C(=O)Nc3cccc(N(C)C)c3)oc2c1. The fraction of sp³-hybridized carbons (Fsp3) is 0.167. The molecule has 2 aromatic carbocycles. The molecule has 0 bridgehead atoms. The van der Waals surface area contributed by atoms with E-state index in [0.29, 0.717) is 5.76 Å². The number of carbonyl (C=O) groups excluding carboxylic acids is 1. The lowest BCUT2D eigenvalue weighted by molar-refractivity contribution is 0.0998. The Balaban J connectivity index is 1.85. The molecule has 1 heterocycles. The number of aryl methyl sites for hydroxylation is 1. The van der Waals surface area contributed by atoms with Crippen molar-refractivity contribution in [3.8, 4) is 0 Å². The minimum Gasteiger partial charge on any atom is -0.451 e. The lowest BCUT2D eigenvalue weighted by Gasteiger charge is -2.13. The molecule has 1 aromatic heterocycles. The summed E-state index contributed by atoms with van der Waals surface area (Å²) >= 11 is 0. The molecule has 22 heavy (non-hydrogen) atoms. The molecule has 0 aliphatic rings. The van der Waals surface area contributed by atoms with Crippen molar-refractivity contribution in [1.82, 2.24) is 0 Å². The normalized spacial score (nSPS) is 10.7. The first-order valence-corrected chi connectivity index (χ1v) is 7.12. The van der Waals surface area contributed by atoms with Crippen LogP contribution in [0.5, 0.6) is 0 Å². The molecule has 0 radical (unpaired) electrons. The molecule has 0 spiro atoms. The van der Waals surface area contributed by atoms with E-state index in [1.54, 1.807) is 6.07 Å². The smallest absolute Gasteiger partial charge is 0.291 e. The first-order valence-electron chi connectivity index (χ1n) is 7.12. The predicted molar refractivity (Wildman–Crippen MR) is 89.7 cm³/mol. The maximum Gasteiger partial charge on any atom is 0.291 e. The molecule has 4 heteroatoms. The summed E-state index contributed by atoms with van der Waals surface area (Å²) in [7, 11) is 3.92. The summed E-state index contributed by atoms with van der Waals surface area (Å²) in [5.41, 5.74) is 3.60. The highest BCUT2D eigenvalue weighted by atomic mass is 16.3. The van der Waals surface area contributed by atoms with Crippen LogP contribution < -0.4 is 10.2 Å². The predicted octanol–water partition coefficient (Wildman–Crippen LogP) is 4.06. The van der Waals surface area contributed by atoms with Crippen LogP contribution in [0, 0.1) is 6.92 Å². The van der Waals surface area contributed by atoms with Gasteiger partial charge in [-0.15, -0.1) is 0 Å². The highest BCUT2D eigenvalue weighted by Gasteiger charge is 2.13. The summed E-state index contributed by atoms with van der Waals surface area (Å²) in [6.07, 6.45) is 0. The standard InChI is InChI=1S/C18H18N2O2/c1-12-7-8-13-10-17(22-16(13)9-12)18(21)19-14-5-4-6-15(11-14)20(2)3/h4-11H,1-3H3,(H,19,21). The maximum absolute atomic E-state index is 12.3. The number of benzene rings is 2. The van der Waals surface area contributed by atoms with E-state index in [1.165, 1.54) is 0 Å². The number of nitrogens with one attached hydrogen (secondary N) is 1. The van der Waals surface area contributed by atoms with Crippen LogP contribution in [-0.4, -0.2) is 20.0 Å². The van der Waals surface area contributed by atoms with Crippen LogP contribution in [0.15, 0.2) is 52.9 Å². The van der Waals surface area contributed by atoms with E-state index in [2.05, 4.69) is 5.32 Å². The largest absolute Gasteiger partial charge is 0.451 e. The van der Waals surface area contributed by atoms with Gasteiger partial charge in [-0.3, -0.25) is 4.79 Å². The number of furan rings is 1. The zero-order valence-corrected chi connectivity index (χ0v) is 12.9. The van der Waals surface area contributed by atoms with Crippen LogP contribution in [0.3, 0.4) is 0 Å². The van der Waals surface area contributed by atoms with Crippen molar-refractivity contribution in [1.29, 1.82) is 0 Å². The van der Waals surface area contributed by atoms with Crippen molar-refractivity contribution in [2.45, 2.75) is 6.92 Å². The number of hydrogen-bond acceptors (Lipinski definition) is 3. The lowest BCUT2D eigenvalue weighted by Crippen LogP contribution is -2.12. The van der Waals surface area contributed by atoms with Crippen LogP contribution in [0.2, 0.25) is 0 Å². The zero-order valence-electron chi connectivity index (χ0n) is 12.9. The second kappa shape index (κ2) is 5.56. The molecule has 0 saturated carbocycles. The van der Waals surface area contributed by atoms with Gasteiger partial charge in [-0.25, -0.2) is 0 Å². The Kier molecular flexibility index (Phi) is 3.59. The van der Waals surface area contributed by atoms with E-state index in [1.807, 2.05) is 68.4 Å². The minimum atomic E-state index is -0.246. The molecule has 0 atom stereocenters. The van der Waals surface area contributed by atoms with Crippen LogP contribution in [-0.2, 0) is 0 Å². The Hall–Kier alpha value is -2.75. The summed E-state index contributed by atoms with van der Waals surface area (Å²) in [4.78, 5) is 14.3. The Bertz CT molecular complexity index is 834. The first-order chi connectivity index (χ1) is 10.5. The van der Waals surface area contributed by atoms with E-state index < -0.39 is 0 Å². The number of fused-ring (bicyclic) bond motifs is 1. The Morgan fingerprint density at radius 2 is 1.91 bits per heavy atom. The molecule has 0 unspecified atom stereocenters.